The van der Waals surface area contributed by atoms with Gasteiger partial charge in [0.15, 0.2) is 0 Å². The van der Waals surface area contributed by atoms with E-state index in [0.29, 0.717) is 12.6 Å². The molecule has 0 heterocycles. The molecule has 0 saturated carbocycles. The lowest BCUT2D eigenvalue weighted by Gasteiger charge is -2.05. The van der Waals surface area contributed by atoms with E-state index < -0.39 is 5.92 Å². The Morgan fingerprint density at radius 1 is 0.895 bits per heavy atom. The standard InChI is InChI=1S/C17H24O2/c1-2-3-4-5-6-7-8-15-9-11-16(12-10-15)17(13-18)14-19/h9-14,17H,2-8H2,1H3. The highest BCUT2D eigenvalue weighted by Gasteiger charge is 2.07. The van der Waals surface area contributed by atoms with E-state index in [9.17, 15) is 9.59 Å². The number of hydrogen-bond acceptors (Lipinski definition) is 2. The third-order valence-corrected chi connectivity index (χ3v) is 3.48. The molecule has 0 aliphatic rings. The summed E-state index contributed by atoms with van der Waals surface area (Å²) in [5, 5.41) is 0. The molecule has 1 aromatic rings. The van der Waals surface area contributed by atoms with E-state index in [-0.39, 0.29) is 0 Å². The molecule has 0 spiro atoms. The Bertz CT molecular complexity index is 359. The number of aryl methyl sites for hydroxylation is 1. The molecule has 0 unspecified atom stereocenters. The van der Waals surface area contributed by atoms with Crippen molar-refractivity contribution in [2.75, 3.05) is 0 Å². The highest BCUT2D eigenvalue weighted by Crippen LogP contribution is 2.15. The third kappa shape index (κ3) is 5.82. The molecule has 0 radical (unpaired) electrons. The van der Waals surface area contributed by atoms with Crippen molar-refractivity contribution in [3.05, 3.63) is 35.4 Å². The zero-order chi connectivity index (χ0) is 13.9. The number of unbranched alkanes of at least 4 members (excludes halogenated alkanes) is 5. The zero-order valence-corrected chi connectivity index (χ0v) is 11.8. The smallest absolute Gasteiger partial charge is 0.134 e. The van der Waals surface area contributed by atoms with Crippen molar-refractivity contribution in [3.63, 3.8) is 0 Å². The van der Waals surface area contributed by atoms with E-state index in [1.807, 2.05) is 24.3 Å². The van der Waals surface area contributed by atoms with Crippen LogP contribution >= 0.6 is 0 Å². The molecule has 104 valence electrons. The molecule has 2 heteroatoms. The molecule has 0 aliphatic carbocycles. The van der Waals surface area contributed by atoms with Crippen molar-refractivity contribution in [3.8, 4) is 0 Å². The average Bonchev–Trinajstić information content (AvgIpc) is 2.45. The Kier molecular flexibility index (Phi) is 7.80. The van der Waals surface area contributed by atoms with Crippen LogP contribution in [0.2, 0.25) is 0 Å². The highest BCUT2D eigenvalue weighted by atomic mass is 16.1. The van der Waals surface area contributed by atoms with Gasteiger partial charge < -0.3 is 9.59 Å². The van der Waals surface area contributed by atoms with Gasteiger partial charge in [-0.1, -0.05) is 63.3 Å². The third-order valence-electron chi connectivity index (χ3n) is 3.48. The van der Waals surface area contributed by atoms with Gasteiger partial charge in [0.2, 0.25) is 0 Å². The number of benzene rings is 1. The molecule has 0 aliphatic heterocycles. The minimum Gasteiger partial charge on any atom is -0.302 e. The average molecular weight is 260 g/mol. The van der Waals surface area contributed by atoms with Gasteiger partial charge in [0, 0.05) is 0 Å². The topological polar surface area (TPSA) is 34.1 Å². The van der Waals surface area contributed by atoms with E-state index in [2.05, 4.69) is 6.92 Å². The molecule has 2 nitrogen and oxygen atoms in total. The SMILES string of the molecule is CCCCCCCCc1ccc(C(C=O)C=O)cc1. The summed E-state index contributed by atoms with van der Waals surface area (Å²) in [4.78, 5) is 21.4. The van der Waals surface area contributed by atoms with Crippen LogP contribution in [0.5, 0.6) is 0 Å². The molecule has 0 atom stereocenters. The van der Waals surface area contributed by atoms with Crippen molar-refractivity contribution >= 4 is 12.6 Å². The predicted molar refractivity (Wildman–Crippen MR) is 78.4 cm³/mol. The summed E-state index contributed by atoms with van der Waals surface area (Å²) >= 11 is 0. The number of carbonyl (C=O) groups is 2. The molecule has 19 heavy (non-hydrogen) atoms. The minimum absolute atomic E-state index is 0.608. The van der Waals surface area contributed by atoms with Crippen molar-refractivity contribution in [1.29, 1.82) is 0 Å². The first kappa shape index (κ1) is 15.6. The lowest BCUT2D eigenvalue weighted by molar-refractivity contribution is -0.116. The Morgan fingerprint density at radius 2 is 1.47 bits per heavy atom. The number of hydrogen-bond donors (Lipinski definition) is 0. The largest absolute Gasteiger partial charge is 0.302 e. The maximum atomic E-state index is 10.7. The number of carbonyl (C=O) groups excluding carboxylic acids is 2. The number of rotatable bonds is 10. The van der Waals surface area contributed by atoms with Gasteiger partial charge in [-0.05, 0) is 24.0 Å². The van der Waals surface area contributed by atoms with Gasteiger partial charge in [0.25, 0.3) is 0 Å². The lowest BCUT2D eigenvalue weighted by atomic mass is 9.98. The van der Waals surface area contributed by atoms with Gasteiger partial charge in [-0.3, -0.25) is 0 Å². The monoisotopic (exact) mass is 260 g/mol. The first-order valence-electron chi connectivity index (χ1n) is 7.31. The van der Waals surface area contributed by atoms with E-state index in [1.54, 1.807) is 0 Å². The Labute approximate surface area is 116 Å². The quantitative estimate of drug-likeness (QED) is 0.361. The van der Waals surface area contributed by atoms with Gasteiger partial charge in [-0.2, -0.15) is 0 Å². The molecule has 0 saturated heterocycles. The van der Waals surface area contributed by atoms with Crippen LogP contribution in [0.25, 0.3) is 0 Å². The van der Waals surface area contributed by atoms with Gasteiger partial charge >= 0.3 is 0 Å². The van der Waals surface area contributed by atoms with Crippen molar-refractivity contribution in [1.82, 2.24) is 0 Å². The van der Waals surface area contributed by atoms with Gasteiger partial charge in [0.05, 0.1) is 5.92 Å². The van der Waals surface area contributed by atoms with Crippen LogP contribution in [0.15, 0.2) is 24.3 Å². The van der Waals surface area contributed by atoms with Crippen LogP contribution in [-0.2, 0) is 16.0 Å². The van der Waals surface area contributed by atoms with E-state index in [0.717, 1.165) is 12.0 Å². The second-order valence-corrected chi connectivity index (χ2v) is 5.06. The first-order valence-corrected chi connectivity index (χ1v) is 7.31. The summed E-state index contributed by atoms with van der Waals surface area (Å²) in [5.74, 6) is -0.608. The molecule has 0 N–H and O–H groups in total. The van der Waals surface area contributed by atoms with Crippen molar-refractivity contribution in [2.24, 2.45) is 0 Å². The Hall–Kier alpha value is -1.44. The fourth-order valence-electron chi connectivity index (χ4n) is 2.21. The van der Waals surface area contributed by atoms with E-state index in [1.165, 1.54) is 44.1 Å². The summed E-state index contributed by atoms with van der Waals surface area (Å²) in [7, 11) is 0. The van der Waals surface area contributed by atoms with Gasteiger partial charge in [0.1, 0.15) is 12.6 Å². The van der Waals surface area contributed by atoms with Gasteiger partial charge in [-0.15, -0.1) is 0 Å². The summed E-state index contributed by atoms with van der Waals surface area (Å²) in [5.41, 5.74) is 2.08. The summed E-state index contributed by atoms with van der Waals surface area (Å²) in [6.45, 7) is 2.23. The maximum absolute atomic E-state index is 10.7. The second-order valence-electron chi connectivity index (χ2n) is 5.06. The molecular formula is C17H24O2. The Morgan fingerprint density at radius 3 is 2.05 bits per heavy atom. The fourth-order valence-corrected chi connectivity index (χ4v) is 2.21. The minimum atomic E-state index is -0.608. The van der Waals surface area contributed by atoms with Crippen molar-refractivity contribution < 1.29 is 9.59 Å². The molecule has 1 rings (SSSR count). The van der Waals surface area contributed by atoms with Crippen LogP contribution in [0.3, 0.4) is 0 Å². The summed E-state index contributed by atoms with van der Waals surface area (Å²) in [6, 6.07) is 7.84. The summed E-state index contributed by atoms with van der Waals surface area (Å²) in [6.07, 6.45) is 10.3. The molecule has 0 bridgehead atoms. The zero-order valence-electron chi connectivity index (χ0n) is 11.8. The first-order chi connectivity index (χ1) is 9.31. The highest BCUT2D eigenvalue weighted by molar-refractivity contribution is 5.84. The van der Waals surface area contributed by atoms with Crippen LogP contribution in [0.1, 0.15) is 62.5 Å². The van der Waals surface area contributed by atoms with Crippen LogP contribution in [-0.4, -0.2) is 12.6 Å². The lowest BCUT2D eigenvalue weighted by Crippen LogP contribution is -2.01. The second kappa shape index (κ2) is 9.48. The van der Waals surface area contributed by atoms with Crippen molar-refractivity contribution in [2.45, 2.75) is 57.8 Å². The molecule has 0 aromatic heterocycles. The molecule has 1 aromatic carbocycles. The summed E-state index contributed by atoms with van der Waals surface area (Å²) < 4.78 is 0. The van der Waals surface area contributed by atoms with Crippen LogP contribution in [0.4, 0.5) is 0 Å². The molecule has 0 amide bonds. The van der Waals surface area contributed by atoms with E-state index in [4.69, 9.17) is 0 Å². The fraction of sp³-hybridized carbons (Fsp3) is 0.529. The van der Waals surface area contributed by atoms with E-state index >= 15 is 0 Å². The van der Waals surface area contributed by atoms with Crippen LogP contribution in [0, 0.1) is 0 Å². The molecular weight excluding hydrogens is 236 g/mol. The maximum Gasteiger partial charge on any atom is 0.134 e. The Balaban J connectivity index is 2.32. The predicted octanol–water partition coefficient (Wildman–Crippen LogP) is 4.07. The van der Waals surface area contributed by atoms with Crippen LogP contribution < -0.4 is 0 Å². The normalized spacial score (nSPS) is 10.6. The van der Waals surface area contributed by atoms with Gasteiger partial charge in [-0.25, -0.2) is 0 Å². The molecule has 0 fully saturated rings. The number of aldehydes is 2.